The molecule has 0 saturated carbocycles. The van der Waals surface area contributed by atoms with Gasteiger partial charge in [-0.05, 0) is 0 Å². The van der Waals surface area contributed by atoms with E-state index < -0.39 is 11.7 Å². The van der Waals surface area contributed by atoms with Crippen LogP contribution in [0.2, 0.25) is 0 Å². The molecule has 30 heavy (non-hydrogen) atoms. The van der Waals surface area contributed by atoms with Gasteiger partial charge in [0.05, 0.1) is 0 Å². The van der Waals surface area contributed by atoms with Crippen LogP contribution in [-0.4, -0.2) is 57.7 Å². The van der Waals surface area contributed by atoms with Gasteiger partial charge in [0.1, 0.15) is 0 Å². The second-order valence-electron chi connectivity index (χ2n) is 8.71. The van der Waals surface area contributed by atoms with Crippen LogP contribution < -0.4 is 31.0 Å². The quantitative estimate of drug-likeness (QED) is 0.199. The predicted molar refractivity (Wildman–Crippen MR) is 113 cm³/mol. The van der Waals surface area contributed by atoms with Crippen molar-refractivity contribution in [2.45, 2.75) is 58.1 Å². The van der Waals surface area contributed by atoms with Crippen LogP contribution in [0.5, 0.6) is 5.75 Å². The molecule has 1 fully saturated rings. The summed E-state index contributed by atoms with van der Waals surface area (Å²) < 4.78 is 12.2. The fourth-order valence-electron chi connectivity index (χ4n) is 3.77. The SMILES string of the molecule is CCOc1ccc(C#N)cc1CCN1CCCC(C[I-]C)(N=C([O-])OC(C)(C)C)C1. The van der Waals surface area contributed by atoms with Crippen LogP contribution in [0, 0.1) is 11.3 Å². The van der Waals surface area contributed by atoms with Crippen molar-refractivity contribution in [2.24, 2.45) is 4.99 Å². The zero-order valence-electron chi connectivity index (χ0n) is 18.8. The van der Waals surface area contributed by atoms with Gasteiger partial charge in [0, 0.05) is 0 Å². The second-order valence-corrected chi connectivity index (χ2v) is 11.0. The molecule has 1 atom stereocenters. The molecule has 1 unspecified atom stereocenters. The molecule has 1 aliphatic rings. The van der Waals surface area contributed by atoms with Gasteiger partial charge in [-0.1, -0.05) is 0 Å². The maximum atomic E-state index is 12.4. The number of piperidine rings is 1. The molecule has 0 bridgehead atoms. The zero-order valence-corrected chi connectivity index (χ0v) is 21.0. The average molecular weight is 527 g/mol. The third-order valence-corrected chi connectivity index (χ3v) is 7.11. The Hall–Kier alpha value is -1.53. The molecule has 7 heteroatoms. The number of likely N-dealkylation sites (tertiary alicyclic amines) is 1. The minimum absolute atomic E-state index is 0.00855. The molecule has 0 radical (unpaired) electrons. The first-order valence-electron chi connectivity index (χ1n) is 10.5. The van der Waals surface area contributed by atoms with E-state index in [9.17, 15) is 10.4 Å². The number of nitrogens with zero attached hydrogens (tertiary/aromatic N) is 3. The Labute approximate surface area is 191 Å². The summed E-state index contributed by atoms with van der Waals surface area (Å²) >= 11 is -0.00855. The number of rotatable bonds is 8. The molecule has 1 aromatic rings. The summed E-state index contributed by atoms with van der Waals surface area (Å²) in [6, 6.07) is 7.82. The van der Waals surface area contributed by atoms with Gasteiger partial charge in [0.15, 0.2) is 0 Å². The Balaban J connectivity index is 2.12. The first-order chi connectivity index (χ1) is 14.2. The fraction of sp³-hybridized carbons (Fsp3) is 0.652. The van der Waals surface area contributed by atoms with Crippen LogP contribution in [0.25, 0.3) is 0 Å². The second kappa shape index (κ2) is 11.2. The molecule has 1 aromatic carbocycles. The fourth-order valence-corrected chi connectivity index (χ4v) is 5.99. The van der Waals surface area contributed by atoms with Crippen molar-refractivity contribution >= 4 is 6.08 Å². The maximum absolute atomic E-state index is 12.4. The summed E-state index contributed by atoms with van der Waals surface area (Å²) in [5.41, 5.74) is 0.842. The molecule has 1 heterocycles. The summed E-state index contributed by atoms with van der Waals surface area (Å²) in [6.45, 7) is 10.8. The summed E-state index contributed by atoms with van der Waals surface area (Å²) in [5.74, 6) is 0.845. The van der Waals surface area contributed by atoms with Gasteiger partial charge in [-0.25, -0.2) is 0 Å². The van der Waals surface area contributed by atoms with Gasteiger partial charge in [-0.15, -0.1) is 0 Å². The number of benzene rings is 1. The number of hydrogen-bond donors (Lipinski definition) is 0. The van der Waals surface area contributed by atoms with Gasteiger partial charge in [-0.2, -0.15) is 0 Å². The van der Waals surface area contributed by atoms with Crippen molar-refractivity contribution < 1.29 is 35.8 Å². The monoisotopic (exact) mass is 527 g/mol. The molecule has 168 valence electrons. The van der Waals surface area contributed by atoms with E-state index in [0.29, 0.717) is 12.2 Å². The number of nitriles is 1. The molecule has 1 saturated heterocycles. The van der Waals surface area contributed by atoms with E-state index in [4.69, 9.17) is 9.47 Å². The normalized spacial score (nSPS) is 20.7. The molecule has 0 N–H and O–H groups in total. The van der Waals surface area contributed by atoms with Crippen LogP contribution in [0.15, 0.2) is 23.2 Å². The van der Waals surface area contributed by atoms with Crippen LogP contribution in [0.1, 0.15) is 51.7 Å². The third-order valence-electron chi connectivity index (χ3n) is 4.93. The van der Waals surface area contributed by atoms with Crippen molar-refractivity contribution in [3.63, 3.8) is 0 Å². The molecule has 0 aliphatic carbocycles. The van der Waals surface area contributed by atoms with Gasteiger partial charge < -0.3 is 0 Å². The first-order valence-corrected chi connectivity index (χ1v) is 14.2. The Bertz CT molecular complexity index is 766. The Morgan fingerprint density at radius 2 is 2.17 bits per heavy atom. The van der Waals surface area contributed by atoms with Crippen molar-refractivity contribution in [1.29, 1.82) is 5.26 Å². The van der Waals surface area contributed by atoms with Crippen LogP contribution >= 0.6 is 0 Å². The van der Waals surface area contributed by atoms with E-state index in [-0.39, 0.29) is 26.7 Å². The molecule has 6 nitrogen and oxygen atoms in total. The van der Waals surface area contributed by atoms with Crippen LogP contribution in [-0.2, 0) is 11.2 Å². The van der Waals surface area contributed by atoms with E-state index in [0.717, 1.165) is 54.6 Å². The molecule has 0 amide bonds. The Morgan fingerprint density at radius 1 is 1.40 bits per heavy atom. The van der Waals surface area contributed by atoms with Crippen LogP contribution in [0.4, 0.5) is 0 Å². The number of halogens is 1. The van der Waals surface area contributed by atoms with Crippen molar-refractivity contribution in [1.82, 2.24) is 4.90 Å². The summed E-state index contributed by atoms with van der Waals surface area (Å²) in [4.78, 5) is 9.22. The molecular weight excluding hydrogens is 493 g/mol. The average Bonchev–Trinajstić information content (AvgIpc) is 2.66. The van der Waals surface area contributed by atoms with Gasteiger partial charge in [-0.3, -0.25) is 0 Å². The van der Waals surface area contributed by atoms with Crippen molar-refractivity contribution in [2.75, 3.05) is 35.6 Å². The number of ether oxygens (including phenoxy) is 2. The Morgan fingerprint density at radius 3 is 2.80 bits per heavy atom. The molecule has 1 aliphatic heterocycles. The number of hydrogen-bond acceptors (Lipinski definition) is 6. The number of aliphatic imine (C=N–C) groups is 1. The Kier molecular flexibility index (Phi) is 9.23. The molecule has 0 spiro atoms. The number of alkyl halides is 2. The van der Waals surface area contributed by atoms with E-state index in [2.05, 4.69) is 20.9 Å². The standard InChI is InChI=1S/C23H35IN3O3/c1-6-29-20-9-8-18(15-25)14-19(20)10-13-27-12-7-11-23(17-27,16-24-5)26-21(28)30-22(2,3)4/h8-9,14H,6-7,10-13,16-17H2,1-5H3,(H,26,28)/q-1/p-1. The first kappa shape index (κ1) is 24.7. The topological polar surface area (TPSA) is 80.9 Å². The van der Waals surface area contributed by atoms with Crippen molar-refractivity contribution in [3.05, 3.63) is 29.3 Å². The van der Waals surface area contributed by atoms with Gasteiger partial charge in [0.2, 0.25) is 0 Å². The third kappa shape index (κ3) is 7.62. The molecule has 2 rings (SSSR count). The van der Waals surface area contributed by atoms with E-state index >= 15 is 0 Å². The summed E-state index contributed by atoms with van der Waals surface area (Å²) in [6.07, 6.45) is 2.31. The van der Waals surface area contributed by atoms with Crippen molar-refractivity contribution in [3.8, 4) is 11.8 Å². The van der Waals surface area contributed by atoms with Gasteiger partial charge in [0.25, 0.3) is 0 Å². The van der Waals surface area contributed by atoms with Gasteiger partial charge >= 0.3 is 192 Å². The minimum atomic E-state index is -0.529. The summed E-state index contributed by atoms with van der Waals surface area (Å²) in [7, 11) is 0. The zero-order chi connectivity index (χ0) is 22.2. The van der Waals surface area contributed by atoms with E-state index in [1.165, 1.54) is 0 Å². The molecule has 0 aromatic heterocycles. The van der Waals surface area contributed by atoms with Crippen LogP contribution in [0.3, 0.4) is 0 Å². The van der Waals surface area contributed by atoms with E-state index in [1.54, 1.807) is 6.07 Å². The van der Waals surface area contributed by atoms with E-state index in [1.807, 2.05) is 39.8 Å². The summed E-state index contributed by atoms with van der Waals surface area (Å²) in [5, 5.41) is 21.7. The molecular formula is C23H34IN3O3-2. The predicted octanol–water partition coefficient (Wildman–Crippen LogP) is -0.416.